The second kappa shape index (κ2) is 9.59. The first-order chi connectivity index (χ1) is 16.6. The molecular weight excluding hydrogens is 432 g/mol. The van der Waals surface area contributed by atoms with Gasteiger partial charge in [0, 0.05) is 31.7 Å². The molecule has 1 aromatic heterocycles. The van der Waals surface area contributed by atoms with Gasteiger partial charge in [0.2, 0.25) is 5.75 Å². The Kier molecular flexibility index (Phi) is 6.20. The molecule has 0 atom stereocenters. The fourth-order valence-electron chi connectivity index (χ4n) is 4.66. The molecule has 1 amide bonds. The number of rotatable bonds is 5. The van der Waals surface area contributed by atoms with Crippen molar-refractivity contribution in [3.63, 3.8) is 0 Å². The van der Waals surface area contributed by atoms with Crippen molar-refractivity contribution < 1.29 is 14.6 Å². The molecule has 5 rings (SSSR count). The van der Waals surface area contributed by atoms with E-state index in [0.29, 0.717) is 48.9 Å². The maximum Gasteiger partial charge on any atom is 0.316 e. The Bertz CT molecular complexity index is 1210. The van der Waals surface area contributed by atoms with Crippen molar-refractivity contribution in [2.75, 3.05) is 31.1 Å². The number of hydrogen-bond acceptors (Lipinski definition) is 6. The fraction of sp³-hybridized carbons (Fsp3) is 0.346. The van der Waals surface area contributed by atoms with Crippen molar-refractivity contribution >= 4 is 11.6 Å². The Hall–Kier alpha value is -3.81. The number of benzene rings is 2. The van der Waals surface area contributed by atoms with Gasteiger partial charge in [0.1, 0.15) is 11.4 Å². The molecule has 2 fully saturated rings. The maximum absolute atomic E-state index is 13.5. The van der Waals surface area contributed by atoms with E-state index in [9.17, 15) is 14.7 Å². The molecule has 0 spiro atoms. The molecule has 8 nitrogen and oxygen atoms in total. The normalized spacial score (nSPS) is 16.6. The number of hydrogen-bond donors (Lipinski definition) is 1. The summed E-state index contributed by atoms with van der Waals surface area (Å²) in [6.07, 6.45) is 5.83. The van der Waals surface area contributed by atoms with Crippen LogP contribution in [0.2, 0.25) is 0 Å². The highest BCUT2D eigenvalue weighted by atomic mass is 16.5. The zero-order chi connectivity index (χ0) is 23.5. The lowest BCUT2D eigenvalue weighted by Gasteiger charge is -2.36. The summed E-state index contributed by atoms with van der Waals surface area (Å²) in [5.41, 5.74) is 1.56. The van der Waals surface area contributed by atoms with E-state index in [-0.39, 0.29) is 23.3 Å². The van der Waals surface area contributed by atoms with Gasteiger partial charge in [-0.25, -0.2) is 0 Å². The van der Waals surface area contributed by atoms with Crippen LogP contribution in [0.4, 0.5) is 5.69 Å². The molecule has 1 aliphatic carbocycles. The Morgan fingerprint density at radius 1 is 0.971 bits per heavy atom. The first-order valence-corrected chi connectivity index (χ1v) is 11.8. The molecule has 2 aromatic carbocycles. The van der Waals surface area contributed by atoms with Crippen LogP contribution in [0, 0.1) is 0 Å². The SMILES string of the molecule is O=C(c1cccc(O)c1)N1CCN(c2cnn(-c3ccccc3)c(=O)c2OC2CCCC2)CC1. The van der Waals surface area contributed by atoms with Gasteiger partial charge in [0.15, 0.2) is 0 Å². The van der Waals surface area contributed by atoms with Crippen LogP contribution in [0.1, 0.15) is 36.0 Å². The predicted molar refractivity (Wildman–Crippen MR) is 129 cm³/mol. The third-order valence-corrected chi connectivity index (χ3v) is 6.50. The van der Waals surface area contributed by atoms with E-state index in [4.69, 9.17) is 4.74 Å². The van der Waals surface area contributed by atoms with Crippen LogP contribution in [0.25, 0.3) is 5.69 Å². The second-order valence-corrected chi connectivity index (χ2v) is 8.77. The standard InChI is InChI=1S/C26H28N4O4/c31-21-10-6-7-19(17-21)25(32)29-15-13-28(14-16-29)23-18-27-30(20-8-2-1-3-9-20)26(33)24(23)34-22-11-4-5-12-22/h1-3,6-10,17-18,22,31H,4-5,11-16H2. The predicted octanol–water partition coefficient (Wildman–Crippen LogP) is 3.22. The quantitative estimate of drug-likeness (QED) is 0.629. The van der Waals surface area contributed by atoms with Crippen LogP contribution < -0.4 is 15.2 Å². The summed E-state index contributed by atoms with van der Waals surface area (Å²) in [4.78, 5) is 30.2. The number of phenolic OH excluding ortho intramolecular Hbond substituents is 1. The van der Waals surface area contributed by atoms with Crippen LogP contribution in [-0.2, 0) is 0 Å². The smallest absolute Gasteiger partial charge is 0.316 e. The van der Waals surface area contributed by atoms with Crippen molar-refractivity contribution in [2.24, 2.45) is 0 Å². The van der Waals surface area contributed by atoms with Gasteiger partial charge in [0.25, 0.3) is 5.91 Å². The lowest BCUT2D eigenvalue weighted by Crippen LogP contribution is -2.49. The number of piperazine rings is 1. The monoisotopic (exact) mass is 460 g/mol. The van der Waals surface area contributed by atoms with Crippen molar-refractivity contribution in [3.05, 3.63) is 76.7 Å². The van der Waals surface area contributed by atoms with E-state index in [1.54, 1.807) is 29.3 Å². The van der Waals surface area contributed by atoms with E-state index in [1.165, 1.54) is 10.7 Å². The number of aromatic hydroxyl groups is 1. The van der Waals surface area contributed by atoms with Crippen molar-refractivity contribution in [3.8, 4) is 17.2 Å². The van der Waals surface area contributed by atoms with E-state index in [2.05, 4.69) is 10.00 Å². The molecule has 0 radical (unpaired) electrons. The van der Waals surface area contributed by atoms with Crippen LogP contribution >= 0.6 is 0 Å². The molecule has 34 heavy (non-hydrogen) atoms. The largest absolute Gasteiger partial charge is 0.508 e. The molecule has 3 aromatic rings. The van der Waals surface area contributed by atoms with Gasteiger partial charge in [-0.05, 0) is 56.0 Å². The third kappa shape index (κ3) is 4.48. The van der Waals surface area contributed by atoms with Gasteiger partial charge < -0.3 is 19.6 Å². The average molecular weight is 461 g/mol. The number of phenols is 1. The molecule has 0 unspecified atom stereocenters. The highest BCUT2D eigenvalue weighted by Gasteiger charge is 2.28. The molecule has 1 N–H and O–H groups in total. The summed E-state index contributed by atoms with van der Waals surface area (Å²) in [5, 5.41) is 14.1. The highest BCUT2D eigenvalue weighted by molar-refractivity contribution is 5.94. The molecule has 1 saturated carbocycles. The Labute approximate surface area is 198 Å². The summed E-state index contributed by atoms with van der Waals surface area (Å²) < 4.78 is 7.67. The van der Waals surface area contributed by atoms with Gasteiger partial charge in [0.05, 0.1) is 18.0 Å². The highest BCUT2D eigenvalue weighted by Crippen LogP contribution is 2.30. The lowest BCUT2D eigenvalue weighted by atomic mass is 10.1. The first kappa shape index (κ1) is 22.0. The van der Waals surface area contributed by atoms with Crippen LogP contribution in [-0.4, -0.2) is 58.0 Å². The topological polar surface area (TPSA) is 87.9 Å². The molecule has 0 bridgehead atoms. The summed E-state index contributed by atoms with van der Waals surface area (Å²) in [6.45, 7) is 2.11. The minimum absolute atomic E-state index is 0.0340. The molecule has 176 valence electrons. The van der Waals surface area contributed by atoms with Crippen molar-refractivity contribution in [1.82, 2.24) is 14.7 Å². The van der Waals surface area contributed by atoms with Crippen molar-refractivity contribution in [2.45, 2.75) is 31.8 Å². The second-order valence-electron chi connectivity index (χ2n) is 8.77. The number of amides is 1. The van der Waals surface area contributed by atoms with Crippen LogP contribution in [0.15, 0.2) is 65.6 Å². The zero-order valence-corrected chi connectivity index (χ0v) is 19.0. The average Bonchev–Trinajstić information content (AvgIpc) is 3.39. The minimum Gasteiger partial charge on any atom is -0.508 e. The number of para-hydroxylation sites is 1. The van der Waals surface area contributed by atoms with E-state index >= 15 is 0 Å². The van der Waals surface area contributed by atoms with Gasteiger partial charge in [-0.15, -0.1) is 0 Å². The number of anilines is 1. The molecule has 1 saturated heterocycles. The number of carbonyl (C=O) groups is 1. The number of carbonyl (C=O) groups excluding carboxylic acids is 1. The molecule has 8 heteroatoms. The van der Waals surface area contributed by atoms with Gasteiger partial charge in [-0.1, -0.05) is 24.3 Å². The van der Waals surface area contributed by atoms with E-state index in [0.717, 1.165) is 25.7 Å². The number of aromatic nitrogens is 2. The third-order valence-electron chi connectivity index (χ3n) is 6.50. The van der Waals surface area contributed by atoms with Gasteiger partial charge in [-0.2, -0.15) is 9.78 Å². The zero-order valence-electron chi connectivity index (χ0n) is 19.0. The van der Waals surface area contributed by atoms with E-state index < -0.39 is 0 Å². The Morgan fingerprint density at radius 3 is 2.41 bits per heavy atom. The van der Waals surface area contributed by atoms with E-state index in [1.807, 2.05) is 30.3 Å². The van der Waals surface area contributed by atoms with Crippen LogP contribution in [0.5, 0.6) is 11.5 Å². The molecular formula is C26H28N4O4. The Balaban J connectivity index is 1.39. The minimum atomic E-state index is -0.270. The van der Waals surface area contributed by atoms with Gasteiger partial charge in [-0.3, -0.25) is 9.59 Å². The van der Waals surface area contributed by atoms with Gasteiger partial charge >= 0.3 is 5.56 Å². The lowest BCUT2D eigenvalue weighted by molar-refractivity contribution is 0.0746. The number of nitrogens with zero attached hydrogens (tertiary/aromatic N) is 4. The number of ether oxygens (including phenoxy) is 1. The summed E-state index contributed by atoms with van der Waals surface area (Å²) >= 11 is 0. The van der Waals surface area contributed by atoms with Crippen molar-refractivity contribution in [1.29, 1.82) is 0 Å². The fourth-order valence-corrected chi connectivity index (χ4v) is 4.66. The first-order valence-electron chi connectivity index (χ1n) is 11.8. The summed E-state index contributed by atoms with van der Waals surface area (Å²) in [5.74, 6) is 0.289. The molecule has 2 aliphatic rings. The van der Waals surface area contributed by atoms with Crippen LogP contribution in [0.3, 0.4) is 0 Å². The molecule has 2 heterocycles. The maximum atomic E-state index is 13.5. The Morgan fingerprint density at radius 2 is 1.71 bits per heavy atom. The summed E-state index contributed by atoms with van der Waals surface area (Å²) in [6, 6.07) is 15.7. The summed E-state index contributed by atoms with van der Waals surface area (Å²) in [7, 11) is 0. The molecule has 1 aliphatic heterocycles.